The van der Waals surface area contributed by atoms with Gasteiger partial charge in [0.05, 0.1) is 17.7 Å². The van der Waals surface area contributed by atoms with Gasteiger partial charge >= 0.3 is 11.9 Å². The quantitative estimate of drug-likeness (QED) is 0.625. The highest BCUT2D eigenvalue weighted by atomic mass is 16.7. The number of benzene rings is 2. The number of ether oxygens (including phenoxy) is 3. The van der Waals surface area contributed by atoms with Gasteiger partial charge in [-0.3, -0.25) is 0 Å². The van der Waals surface area contributed by atoms with E-state index in [-0.39, 0.29) is 6.61 Å². The van der Waals surface area contributed by atoms with Crippen molar-refractivity contribution in [1.29, 1.82) is 0 Å². The minimum atomic E-state index is -0.915. The summed E-state index contributed by atoms with van der Waals surface area (Å²) in [6, 6.07) is 14.1. The van der Waals surface area contributed by atoms with Gasteiger partial charge in [0.15, 0.2) is 6.61 Å². The third kappa shape index (κ3) is 3.88. The molecule has 2 aromatic rings. The van der Waals surface area contributed by atoms with E-state index in [1.807, 2.05) is 19.1 Å². The molecule has 2 aromatic carbocycles. The van der Waals surface area contributed by atoms with E-state index in [4.69, 9.17) is 14.2 Å². The average molecular weight is 340 g/mol. The number of cyclic esters (lactones) is 2. The summed E-state index contributed by atoms with van der Waals surface area (Å²) in [6.45, 7) is 2.34. The van der Waals surface area contributed by atoms with Gasteiger partial charge in [-0.05, 0) is 29.7 Å². The Hall–Kier alpha value is -2.66. The van der Waals surface area contributed by atoms with Gasteiger partial charge < -0.3 is 14.2 Å². The van der Waals surface area contributed by atoms with Crippen LogP contribution in [0.5, 0.6) is 0 Å². The molecular weight excluding hydrogens is 320 g/mol. The first kappa shape index (κ1) is 17.2. The minimum Gasteiger partial charge on any atom is -0.455 e. The number of unbranched alkanes of at least 4 members (excludes halogenated alkanes) is 1. The van der Waals surface area contributed by atoms with Gasteiger partial charge in [0, 0.05) is 0 Å². The molecule has 0 amide bonds. The Kier molecular flexibility index (Phi) is 5.46. The lowest BCUT2D eigenvalue weighted by atomic mass is 9.95. The first-order chi connectivity index (χ1) is 12.2. The second-order valence-electron chi connectivity index (χ2n) is 5.75. The van der Waals surface area contributed by atoms with Crippen molar-refractivity contribution in [3.05, 3.63) is 59.7 Å². The third-order valence-electron chi connectivity index (χ3n) is 3.97. The molecule has 130 valence electrons. The van der Waals surface area contributed by atoms with E-state index in [9.17, 15) is 9.59 Å². The second kappa shape index (κ2) is 7.94. The van der Waals surface area contributed by atoms with E-state index < -0.39 is 18.2 Å². The monoisotopic (exact) mass is 340 g/mol. The van der Waals surface area contributed by atoms with Gasteiger partial charge in [0.25, 0.3) is 0 Å². The maximum Gasteiger partial charge on any atom is 0.341 e. The molecule has 25 heavy (non-hydrogen) atoms. The summed E-state index contributed by atoms with van der Waals surface area (Å²) in [6.07, 6.45) is 0.874. The fraction of sp³-hybridized carbons (Fsp3) is 0.300. The maximum atomic E-state index is 12.6. The number of fused-ring (bicyclic) bond motifs is 3. The van der Waals surface area contributed by atoms with E-state index in [0.29, 0.717) is 28.9 Å². The molecule has 1 atom stereocenters. The van der Waals surface area contributed by atoms with Crippen molar-refractivity contribution in [1.82, 2.24) is 0 Å². The van der Waals surface area contributed by atoms with Crippen molar-refractivity contribution in [3.63, 3.8) is 0 Å². The summed E-state index contributed by atoms with van der Waals surface area (Å²) >= 11 is 0. The smallest absolute Gasteiger partial charge is 0.341 e. The van der Waals surface area contributed by atoms with Crippen LogP contribution in [-0.2, 0) is 14.2 Å². The van der Waals surface area contributed by atoms with Crippen LogP contribution in [-0.4, -0.2) is 31.4 Å². The van der Waals surface area contributed by atoms with E-state index in [2.05, 4.69) is 0 Å². The molecule has 1 unspecified atom stereocenters. The minimum absolute atomic E-state index is 0.134. The van der Waals surface area contributed by atoms with Gasteiger partial charge in [-0.1, -0.05) is 49.7 Å². The molecule has 0 spiro atoms. The van der Waals surface area contributed by atoms with Crippen LogP contribution in [0.2, 0.25) is 0 Å². The summed E-state index contributed by atoms with van der Waals surface area (Å²) in [7, 11) is 0. The number of esters is 2. The Morgan fingerprint density at radius 1 is 0.920 bits per heavy atom. The third-order valence-corrected chi connectivity index (χ3v) is 3.97. The lowest BCUT2D eigenvalue weighted by Crippen LogP contribution is -2.29. The van der Waals surface area contributed by atoms with Crippen molar-refractivity contribution < 1.29 is 23.8 Å². The first-order valence-corrected chi connectivity index (χ1v) is 8.39. The summed E-state index contributed by atoms with van der Waals surface area (Å²) in [4.78, 5) is 25.1. The molecule has 0 radical (unpaired) electrons. The lowest BCUT2D eigenvalue weighted by Gasteiger charge is -2.21. The van der Waals surface area contributed by atoms with E-state index in [1.165, 1.54) is 0 Å². The summed E-state index contributed by atoms with van der Waals surface area (Å²) in [5, 5.41) is 0. The van der Waals surface area contributed by atoms with Gasteiger partial charge in [0.1, 0.15) is 0 Å². The Bertz CT molecular complexity index is 768. The average Bonchev–Trinajstić information content (AvgIpc) is 2.65. The molecule has 5 nitrogen and oxygen atoms in total. The van der Waals surface area contributed by atoms with E-state index in [0.717, 1.165) is 12.8 Å². The maximum absolute atomic E-state index is 12.6. The van der Waals surface area contributed by atoms with Crippen molar-refractivity contribution in [3.8, 4) is 11.1 Å². The van der Waals surface area contributed by atoms with Gasteiger partial charge in [0.2, 0.25) is 6.29 Å². The van der Waals surface area contributed by atoms with E-state index >= 15 is 0 Å². The standard InChI is InChI=1S/C20H20O5/c1-2-3-12-23-18-13-24-19(21)16-10-6-4-8-14(16)15-9-5-7-11-17(15)20(22)25-18/h4-11,18H,2-3,12-13H2,1H3. The van der Waals surface area contributed by atoms with Crippen LogP contribution in [0.25, 0.3) is 11.1 Å². The number of hydrogen-bond donors (Lipinski definition) is 0. The molecule has 0 N–H and O–H groups in total. The molecule has 0 aliphatic carbocycles. The number of carbonyl (C=O) groups excluding carboxylic acids is 2. The summed E-state index contributed by atoms with van der Waals surface area (Å²) in [5.41, 5.74) is 2.09. The zero-order valence-corrected chi connectivity index (χ0v) is 14.1. The van der Waals surface area contributed by atoms with Crippen LogP contribution in [0.1, 0.15) is 40.5 Å². The van der Waals surface area contributed by atoms with Crippen molar-refractivity contribution in [2.24, 2.45) is 0 Å². The zero-order chi connectivity index (χ0) is 17.6. The van der Waals surface area contributed by atoms with Crippen LogP contribution < -0.4 is 0 Å². The highest BCUT2D eigenvalue weighted by molar-refractivity contribution is 6.03. The van der Waals surface area contributed by atoms with E-state index in [1.54, 1.807) is 36.4 Å². The van der Waals surface area contributed by atoms with Crippen LogP contribution in [0.3, 0.4) is 0 Å². The fourth-order valence-electron chi connectivity index (χ4n) is 2.67. The molecule has 5 heteroatoms. The van der Waals surface area contributed by atoms with Crippen molar-refractivity contribution in [2.75, 3.05) is 13.2 Å². The number of carbonyl (C=O) groups is 2. The predicted octanol–water partition coefficient (Wildman–Crippen LogP) is 3.82. The Balaban J connectivity index is 1.99. The number of rotatable bonds is 4. The molecule has 0 fully saturated rings. The molecule has 1 aliphatic rings. The zero-order valence-electron chi connectivity index (χ0n) is 14.1. The van der Waals surface area contributed by atoms with Crippen molar-refractivity contribution >= 4 is 11.9 Å². The second-order valence-corrected chi connectivity index (χ2v) is 5.75. The summed E-state index contributed by atoms with van der Waals surface area (Å²) < 4.78 is 16.3. The molecule has 0 saturated carbocycles. The van der Waals surface area contributed by atoms with Gasteiger partial charge in [-0.2, -0.15) is 0 Å². The lowest BCUT2D eigenvalue weighted by molar-refractivity contribution is -0.134. The molecule has 3 rings (SSSR count). The Morgan fingerprint density at radius 3 is 2.08 bits per heavy atom. The number of hydrogen-bond acceptors (Lipinski definition) is 5. The predicted molar refractivity (Wildman–Crippen MR) is 92.2 cm³/mol. The largest absolute Gasteiger partial charge is 0.455 e. The van der Waals surface area contributed by atoms with Gasteiger partial charge in [-0.25, -0.2) is 9.59 Å². The first-order valence-electron chi connectivity index (χ1n) is 8.39. The highest BCUT2D eigenvalue weighted by Crippen LogP contribution is 2.29. The normalized spacial score (nSPS) is 17.1. The summed E-state index contributed by atoms with van der Waals surface area (Å²) in [5.74, 6) is -0.961. The Morgan fingerprint density at radius 2 is 1.48 bits per heavy atom. The van der Waals surface area contributed by atoms with Crippen LogP contribution in [0, 0.1) is 0 Å². The molecular formula is C20H20O5. The van der Waals surface area contributed by atoms with Crippen LogP contribution >= 0.6 is 0 Å². The topological polar surface area (TPSA) is 61.8 Å². The fourth-order valence-corrected chi connectivity index (χ4v) is 2.67. The van der Waals surface area contributed by atoms with Crippen LogP contribution in [0.4, 0.5) is 0 Å². The molecule has 1 aliphatic heterocycles. The molecule has 0 saturated heterocycles. The molecule has 1 heterocycles. The van der Waals surface area contributed by atoms with Crippen molar-refractivity contribution in [2.45, 2.75) is 26.1 Å². The van der Waals surface area contributed by atoms with Crippen LogP contribution in [0.15, 0.2) is 48.5 Å². The molecule has 0 aromatic heterocycles. The molecule has 0 bridgehead atoms. The highest BCUT2D eigenvalue weighted by Gasteiger charge is 2.25. The SMILES string of the molecule is CCCCOC1COC(=O)c2ccccc2-c2ccccc2C(=O)O1. The van der Waals surface area contributed by atoms with Gasteiger partial charge in [-0.15, -0.1) is 0 Å². The Labute approximate surface area is 146 Å².